The molecule has 0 fully saturated rings. The third-order valence-corrected chi connectivity index (χ3v) is 8.43. The maximum Gasteiger partial charge on any atom is 0.472 e. The van der Waals surface area contributed by atoms with Gasteiger partial charge in [-0.2, -0.15) is 0 Å². The van der Waals surface area contributed by atoms with Gasteiger partial charge in [0, 0.05) is 12.8 Å². The largest absolute Gasteiger partial charge is 0.472 e. The number of carbonyl (C=O) groups excluding carboxylic acids is 2. The molecule has 3 atom stereocenters. The first-order valence-corrected chi connectivity index (χ1v) is 19.1. The van der Waals surface area contributed by atoms with Gasteiger partial charge in [0.2, 0.25) is 0 Å². The molecule has 3 unspecified atom stereocenters. The number of phosphoric ester groups is 1. The second kappa shape index (κ2) is 31.3. The lowest BCUT2D eigenvalue weighted by Crippen LogP contribution is -2.28. The summed E-state index contributed by atoms with van der Waals surface area (Å²) in [6.07, 6.45) is 25.8. The number of hydrogen-bond acceptors (Lipinski definition) is 9. The molecule has 0 amide bonds. The van der Waals surface area contributed by atoms with E-state index >= 15 is 0 Å². The van der Waals surface area contributed by atoms with E-state index in [1.807, 2.05) is 6.92 Å². The van der Waals surface area contributed by atoms with E-state index in [1.165, 1.54) is 83.5 Å². The Labute approximate surface area is 273 Å². The average Bonchev–Trinajstić information content (AvgIpc) is 3.02. The van der Waals surface area contributed by atoms with Gasteiger partial charge in [-0.1, -0.05) is 116 Å². The van der Waals surface area contributed by atoms with Gasteiger partial charge in [-0.25, -0.2) is 4.57 Å². The van der Waals surface area contributed by atoms with Crippen LogP contribution in [0.4, 0.5) is 0 Å². The minimum atomic E-state index is -4.60. The highest BCUT2D eigenvalue weighted by Crippen LogP contribution is 2.43. The Balaban J connectivity index is 3.84. The van der Waals surface area contributed by atoms with E-state index in [9.17, 15) is 29.3 Å². The van der Waals surface area contributed by atoms with Gasteiger partial charge >= 0.3 is 19.8 Å². The summed E-state index contributed by atoms with van der Waals surface area (Å²) in [5, 5.41) is 18.8. The SMILES string of the molecule is CCCCCCCC/C=C\CCCCCCCCCCCC(=O)OC(CO)COP(=O)(O)OCC(CO)OC(=O)CCCCC. The molecule has 0 radical (unpaired) electrons. The van der Waals surface area contributed by atoms with Crippen LogP contribution in [-0.2, 0) is 32.7 Å². The molecule has 45 heavy (non-hydrogen) atoms. The van der Waals surface area contributed by atoms with Crippen LogP contribution in [0, 0.1) is 0 Å². The second-order valence-electron chi connectivity index (χ2n) is 11.9. The molecule has 0 saturated carbocycles. The Morgan fingerprint density at radius 2 is 0.911 bits per heavy atom. The molecule has 0 heterocycles. The van der Waals surface area contributed by atoms with Crippen LogP contribution < -0.4 is 0 Å². The van der Waals surface area contributed by atoms with E-state index in [1.54, 1.807) is 0 Å². The number of unbranched alkanes of at least 4 members (excludes halogenated alkanes) is 17. The maximum atomic E-state index is 12.2. The molecule has 11 heteroatoms. The Morgan fingerprint density at radius 1 is 0.578 bits per heavy atom. The minimum Gasteiger partial charge on any atom is -0.457 e. The van der Waals surface area contributed by atoms with E-state index in [4.69, 9.17) is 18.5 Å². The third kappa shape index (κ3) is 29.8. The van der Waals surface area contributed by atoms with Crippen LogP contribution >= 0.6 is 7.82 Å². The van der Waals surface area contributed by atoms with Crippen molar-refractivity contribution in [2.75, 3.05) is 26.4 Å². The van der Waals surface area contributed by atoms with Crippen molar-refractivity contribution >= 4 is 19.8 Å². The monoisotopic (exact) mass is 664 g/mol. The average molecular weight is 665 g/mol. The number of ether oxygens (including phenoxy) is 2. The summed E-state index contributed by atoms with van der Waals surface area (Å²) in [5.41, 5.74) is 0. The fraction of sp³-hybridized carbons (Fsp3) is 0.882. The van der Waals surface area contributed by atoms with Crippen LogP contribution in [0.25, 0.3) is 0 Å². The maximum absolute atomic E-state index is 12.2. The van der Waals surface area contributed by atoms with Crippen LogP contribution in [0.2, 0.25) is 0 Å². The van der Waals surface area contributed by atoms with E-state index in [0.717, 1.165) is 32.1 Å². The van der Waals surface area contributed by atoms with Gasteiger partial charge in [-0.3, -0.25) is 18.6 Å². The minimum absolute atomic E-state index is 0.180. The Hall–Kier alpha value is -1.29. The first kappa shape index (κ1) is 43.7. The number of carbonyl (C=O) groups is 2. The van der Waals surface area contributed by atoms with Crippen molar-refractivity contribution in [3.8, 4) is 0 Å². The summed E-state index contributed by atoms with van der Waals surface area (Å²) in [7, 11) is -4.60. The Bertz CT molecular complexity index is 776. The van der Waals surface area contributed by atoms with Gasteiger partial charge in [0.1, 0.15) is 12.2 Å². The zero-order valence-electron chi connectivity index (χ0n) is 28.3. The molecule has 0 rings (SSSR count). The fourth-order valence-electron chi connectivity index (χ4n) is 4.70. The highest BCUT2D eigenvalue weighted by molar-refractivity contribution is 7.47. The molecule has 0 aliphatic heterocycles. The lowest BCUT2D eigenvalue weighted by molar-refractivity contribution is -0.153. The molecule has 0 aliphatic rings. The highest BCUT2D eigenvalue weighted by Gasteiger charge is 2.27. The Morgan fingerprint density at radius 3 is 1.31 bits per heavy atom. The smallest absolute Gasteiger partial charge is 0.457 e. The first-order valence-electron chi connectivity index (χ1n) is 17.6. The molecular weight excluding hydrogens is 599 g/mol. The summed E-state index contributed by atoms with van der Waals surface area (Å²) in [4.78, 5) is 33.8. The van der Waals surface area contributed by atoms with E-state index < -0.39 is 58.4 Å². The highest BCUT2D eigenvalue weighted by atomic mass is 31.2. The molecule has 0 saturated heterocycles. The van der Waals surface area contributed by atoms with Crippen molar-refractivity contribution in [1.29, 1.82) is 0 Å². The topological polar surface area (TPSA) is 149 Å². The van der Waals surface area contributed by atoms with Gasteiger partial charge in [0.15, 0.2) is 0 Å². The van der Waals surface area contributed by atoms with Gasteiger partial charge in [-0.05, 0) is 38.5 Å². The molecule has 0 aromatic heterocycles. The summed E-state index contributed by atoms with van der Waals surface area (Å²) >= 11 is 0. The molecule has 0 spiro atoms. The molecule has 0 aliphatic carbocycles. The van der Waals surface area contributed by atoms with E-state index in [2.05, 4.69) is 19.1 Å². The second-order valence-corrected chi connectivity index (χ2v) is 13.3. The number of rotatable bonds is 33. The number of esters is 2. The standard InChI is InChI=1S/C34H65O10P/c1-3-5-7-8-9-10-11-12-13-14-15-16-17-18-19-20-21-22-24-26-34(38)44-32(28-36)30-42-45(39,40)41-29-31(27-35)43-33(37)25-23-6-4-2/h12-13,31-32,35-36H,3-11,14-30H2,1-2H3,(H,39,40)/b13-12-. The Kier molecular flexibility index (Phi) is 30.4. The van der Waals surface area contributed by atoms with Gasteiger partial charge in [0.05, 0.1) is 26.4 Å². The van der Waals surface area contributed by atoms with E-state index in [0.29, 0.717) is 12.8 Å². The molecule has 0 bridgehead atoms. The van der Waals surface area contributed by atoms with Gasteiger partial charge < -0.3 is 24.6 Å². The third-order valence-electron chi connectivity index (χ3n) is 7.48. The molecule has 0 aromatic carbocycles. The lowest BCUT2D eigenvalue weighted by Gasteiger charge is -2.20. The fourth-order valence-corrected chi connectivity index (χ4v) is 5.48. The molecule has 10 nitrogen and oxygen atoms in total. The summed E-state index contributed by atoms with van der Waals surface area (Å²) in [5.74, 6) is -1.04. The predicted molar refractivity (Wildman–Crippen MR) is 178 cm³/mol. The van der Waals surface area contributed by atoms with Crippen molar-refractivity contribution < 1.29 is 47.8 Å². The lowest BCUT2D eigenvalue weighted by atomic mass is 10.1. The number of phosphoric acid groups is 1. The summed E-state index contributed by atoms with van der Waals surface area (Å²) in [6, 6.07) is 0. The molecule has 266 valence electrons. The summed E-state index contributed by atoms with van der Waals surface area (Å²) < 4.78 is 32.0. The first-order chi connectivity index (χ1) is 21.8. The van der Waals surface area contributed by atoms with Crippen LogP contribution in [0.5, 0.6) is 0 Å². The van der Waals surface area contributed by atoms with Crippen molar-refractivity contribution in [2.45, 2.75) is 167 Å². The van der Waals surface area contributed by atoms with Crippen LogP contribution in [-0.4, -0.2) is 65.7 Å². The summed E-state index contributed by atoms with van der Waals surface area (Å²) in [6.45, 7) is 1.97. The number of allylic oxidation sites excluding steroid dienone is 2. The van der Waals surface area contributed by atoms with Crippen molar-refractivity contribution in [3.05, 3.63) is 12.2 Å². The van der Waals surface area contributed by atoms with Crippen molar-refractivity contribution in [3.63, 3.8) is 0 Å². The van der Waals surface area contributed by atoms with Crippen LogP contribution in [0.3, 0.4) is 0 Å². The predicted octanol–water partition coefficient (Wildman–Crippen LogP) is 8.11. The van der Waals surface area contributed by atoms with Crippen LogP contribution in [0.1, 0.15) is 155 Å². The number of aliphatic hydroxyl groups excluding tert-OH is 2. The van der Waals surface area contributed by atoms with E-state index in [-0.39, 0.29) is 12.8 Å². The molecule has 0 aromatic rings. The normalized spacial score (nSPS) is 14.3. The molecule has 3 N–H and O–H groups in total. The molecular formula is C34H65O10P. The van der Waals surface area contributed by atoms with Gasteiger partial charge in [0.25, 0.3) is 0 Å². The van der Waals surface area contributed by atoms with Crippen molar-refractivity contribution in [2.24, 2.45) is 0 Å². The van der Waals surface area contributed by atoms with Crippen LogP contribution in [0.15, 0.2) is 12.2 Å². The van der Waals surface area contributed by atoms with Crippen molar-refractivity contribution in [1.82, 2.24) is 0 Å². The quantitative estimate of drug-likeness (QED) is 0.0272. The number of hydrogen-bond donors (Lipinski definition) is 3. The zero-order chi connectivity index (χ0) is 33.4. The zero-order valence-corrected chi connectivity index (χ0v) is 29.2. The number of aliphatic hydroxyl groups is 2. The van der Waals surface area contributed by atoms with Gasteiger partial charge in [-0.15, -0.1) is 0 Å².